The lowest BCUT2D eigenvalue weighted by molar-refractivity contribution is -0.145. The molecule has 9 nitrogen and oxygen atoms in total. The molecular formula is C27H28N2O7. The number of imide groups is 2. The first kappa shape index (κ1) is 26.2. The van der Waals surface area contributed by atoms with Gasteiger partial charge >= 0.3 is 12.0 Å². The average molecular weight is 493 g/mol. The summed E-state index contributed by atoms with van der Waals surface area (Å²) in [5.74, 6) is -1.48. The summed E-state index contributed by atoms with van der Waals surface area (Å²) in [6, 6.07) is 7.74. The molecule has 1 saturated heterocycles. The van der Waals surface area contributed by atoms with Gasteiger partial charge in [0.1, 0.15) is 5.57 Å². The van der Waals surface area contributed by atoms with Crippen molar-refractivity contribution in [2.45, 2.75) is 27.2 Å². The number of urea groups is 1. The van der Waals surface area contributed by atoms with Gasteiger partial charge in [-0.1, -0.05) is 12.1 Å². The fraction of sp³-hybridized carbons (Fsp3) is 0.259. The molecule has 1 aliphatic rings. The molecule has 36 heavy (non-hydrogen) atoms. The molecule has 1 heterocycles. The number of ether oxygens (including phenoxy) is 3. The number of nitrogens with zero attached hydrogens (tertiary/aromatic N) is 1. The highest BCUT2D eigenvalue weighted by molar-refractivity contribution is 6.39. The molecule has 0 atom stereocenters. The number of methoxy groups -OCH3 is 1. The lowest BCUT2D eigenvalue weighted by Crippen LogP contribution is -2.54. The molecule has 9 heteroatoms. The first-order valence-corrected chi connectivity index (χ1v) is 11.3. The lowest BCUT2D eigenvalue weighted by atomic mass is 10.0. The summed E-state index contributed by atoms with van der Waals surface area (Å²) in [6.45, 7) is 9.05. The van der Waals surface area contributed by atoms with Crippen molar-refractivity contribution >= 4 is 35.6 Å². The van der Waals surface area contributed by atoms with Crippen LogP contribution in [0, 0.1) is 13.8 Å². The van der Waals surface area contributed by atoms with Gasteiger partial charge in [-0.3, -0.25) is 14.9 Å². The highest BCUT2D eigenvalue weighted by Gasteiger charge is 2.37. The molecule has 2 aromatic rings. The number of benzene rings is 2. The molecule has 188 valence electrons. The number of nitrogens with one attached hydrogen (secondary N) is 1. The quantitative estimate of drug-likeness (QED) is 0.246. The van der Waals surface area contributed by atoms with E-state index in [0.29, 0.717) is 29.0 Å². The summed E-state index contributed by atoms with van der Waals surface area (Å²) in [7, 11) is 1.43. The van der Waals surface area contributed by atoms with Crippen molar-refractivity contribution < 1.29 is 33.4 Å². The van der Waals surface area contributed by atoms with E-state index < -0.39 is 23.8 Å². The smallest absolute Gasteiger partial charge is 0.344 e. The third-order valence-corrected chi connectivity index (χ3v) is 5.26. The fourth-order valence-electron chi connectivity index (χ4n) is 3.86. The van der Waals surface area contributed by atoms with E-state index in [4.69, 9.17) is 14.2 Å². The van der Waals surface area contributed by atoms with E-state index in [2.05, 4.69) is 11.9 Å². The van der Waals surface area contributed by atoms with E-state index in [0.717, 1.165) is 16.0 Å². The number of aryl methyl sites for hydroxylation is 2. The maximum atomic E-state index is 13.3. The minimum absolute atomic E-state index is 0.222. The van der Waals surface area contributed by atoms with E-state index in [9.17, 15) is 19.2 Å². The molecule has 0 bridgehead atoms. The van der Waals surface area contributed by atoms with Gasteiger partial charge in [0.25, 0.3) is 11.8 Å². The third-order valence-electron chi connectivity index (χ3n) is 5.26. The Labute approximate surface area is 209 Å². The van der Waals surface area contributed by atoms with E-state index in [1.807, 2.05) is 19.9 Å². The third kappa shape index (κ3) is 5.80. The molecular weight excluding hydrogens is 464 g/mol. The molecule has 1 aliphatic heterocycles. The van der Waals surface area contributed by atoms with Crippen molar-refractivity contribution in [3.63, 3.8) is 0 Å². The molecule has 4 amide bonds. The number of carbonyl (C=O) groups excluding carboxylic acids is 4. The molecule has 0 saturated carbocycles. The van der Waals surface area contributed by atoms with Crippen LogP contribution in [0.3, 0.4) is 0 Å². The van der Waals surface area contributed by atoms with E-state index in [1.165, 1.54) is 13.2 Å². The average Bonchev–Trinajstić information content (AvgIpc) is 2.80. The van der Waals surface area contributed by atoms with Crippen molar-refractivity contribution in [2.24, 2.45) is 0 Å². The van der Waals surface area contributed by atoms with Gasteiger partial charge in [-0.2, -0.15) is 0 Å². The predicted octanol–water partition coefficient (Wildman–Crippen LogP) is 3.65. The van der Waals surface area contributed by atoms with Crippen LogP contribution in [0.25, 0.3) is 6.08 Å². The monoisotopic (exact) mass is 492 g/mol. The summed E-state index contributed by atoms with van der Waals surface area (Å²) in [5, 5.41) is 2.23. The highest BCUT2D eigenvalue weighted by Crippen LogP contribution is 2.35. The van der Waals surface area contributed by atoms with Crippen molar-refractivity contribution in [3.8, 4) is 11.5 Å². The number of anilines is 1. The van der Waals surface area contributed by atoms with E-state index in [1.54, 1.807) is 37.3 Å². The first-order valence-electron chi connectivity index (χ1n) is 11.3. The van der Waals surface area contributed by atoms with Crippen molar-refractivity contribution in [1.82, 2.24) is 5.32 Å². The minimum Gasteiger partial charge on any atom is -0.493 e. The van der Waals surface area contributed by atoms with Crippen molar-refractivity contribution in [3.05, 3.63) is 70.8 Å². The number of rotatable bonds is 9. The zero-order valence-electron chi connectivity index (χ0n) is 20.7. The molecule has 1 fully saturated rings. The highest BCUT2D eigenvalue weighted by atomic mass is 16.6. The summed E-state index contributed by atoms with van der Waals surface area (Å²) >= 11 is 0. The molecule has 3 rings (SSSR count). The van der Waals surface area contributed by atoms with Crippen LogP contribution < -0.4 is 19.7 Å². The summed E-state index contributed by atoms with van der Waals surface area (Å²) < 4.78 is 16.0. The topological polar surface area (TPSA) is 111 Å². The molecule has 2 aromatic carbocycles. The molecule has 0 unspecified atom stereocenters. The van der Waals surface area contributed by atoms with Crippen LogP contribution in [0.2, 0.25) is 0 Å². The Morgan fingerprint density at radius 3 is 2.39 bits per heavy atom. The fourth-order valence-corrected chi connectivity index (χ4v) is 3.86. The number of amides is 4. The van der Waals surface area contributed by atoms with Crippen LogP contribution in [0.4, 0.5) is 10.5 Å². The van der Waals surface area contributed by atoms with Crippen molar-refractivity contribution in [2.75, 3.05) is 25.2 Å². The zero-order valence-corrected chi connectivity index (χ0v) is 20.7. The lowest BCUT2D eigenvalue weighted by Gasteiger charge is -2.27. The van der Waals surface area contributed by atoms with Crippen LogP contribution in [-0.4, -0.2) is 44.1 Å². The number of allylic oxidation sites excluding steroid dienone is 1. The Morgan fingerprint density at radius 1 is 1.08 bits per heavy atom. The maximum Gasteiger partial charge on any atom is 0.344 e. The largest absolute Gasteiger partial charge is 0.493 e. The van der Waals surface area contributed by atoms with Gasteiger partial charge in [-0.05, 0) is 74.2 Å². The van der Waals surface area contributed by atoms with E-state index >= 15 is 0 Å². The van der Waals surface area contributed by atoms with Gasteiger partial charge in [-0.15, -0.1) is 6.58 Å². The normalized spacial score (nSPS) is 14.5. The molecule has 0 aromatic heterocycles. The predicted molar refractivity (Wildman–Crippen MR) is 134 cm³/mol. The second-order valence-corrected chi connectivity index (χ2v) is 8.10. The summed E-state index contributed by atoms with van der Waals surface area (Å²) in [4.78, 5) is 51.2. The Hall–Kier alpha value is -4.40. The summed E-state index contributed by atoms with van der Waals surface area (Å²) in [6.07, 6.45) is 3.38. The number of hydrogen-bond donors (Lipinski definition) is 1. The second kappa shape index (κ2) is 11.4. The van der Waals surface area contributed by atoms with Gasteiger partial charge in [0.15, 0.2) is 18.1 Å². The minimum atomic E-state index is -0.820. The summed E-state index contributed by atoms with van der Waals surface area (Å²) in [5.41, 5.74) is 2.95. The Kier molecular flexibility index (Phi) is 8.26. The molecule has 0 spiro atoms. The van der Waals surface area contributed by atoms with Gasteiger partial charge in [0.05, 0.1) is 19.4 Å². The molecule has 0 aliphatic carbocycles. The van der Waals surface area contributed by atoms with Gasteiger partial charge in [-0.25, -0.2) is 14.5 Å². The Balaban J connectivity index is 2.02. The Morgan fingerprint density at radius 2 is 1.78 bits per heavy atom. The van der Waals surface area contributed by atoms with Gasteiger partial charge in [0.2, 0.25) is 0 Å². The maximum absolute atomic E-state index is 13.3. The standard InChI is InChI=1S/C27H28N2O7/c1-6-8-19-12-18(14-22(34-5)24(19)36-15-23(30)35-7-2)13-21-25(31)28-27(33)29(26(21)32)20-10-16(3)9-17(4)11-20/h6,9-14H,1,7-8,15H2,2-5H3,(H,28,31,33)/b21-13+. The zero-order chi connectivity index (χ0) is 26.4. The number of carbonyl (C=O) groups is 4. The van der Waals surface area contributed by atoms with E-state index in [-0.39, 0.29) is 24.5 Å². The SMILES string of the molecule is C=CCc1cc(/C=C2\C(=O)NC(=O)N(c3cc(C)cc(C)c3)C2=O)cc(OC)c1OCC(=O)OCC. The second-order valence-electron chi connectivity index (χ2n) is 8.10. The van der Waals surface area contributed by atoms with Crippen LogP contribution in [-0.2, 0) is 25.5 Å². The van der Waals surface area contributed by atoms with Crippen molar-refractivity contribution in [1.29, 1.82) is 0 Å². The van der Waals surface area contributed by atoms with Crippen LogP contribution in [0.1, 0.15) is 29.2 Å². The number of barbiturate groups is 1. The number of esters is 1. The Bertz CT molecular complexity index is 1240. The van der Waals surface area contributed by atoms with Gasteiger partial charge in [0, 0.05) is 5.56 Å². The van der Waals surface area contributed by atoms with Crippen LogP contribution in [0.5, 0.6) is 11.5 Å². The van der Waals surface area contributed by atoms with Crippen LogP contribution in [0.15, 0.2) is 48.6 Å². The van der Waals surface area contributed by atoms with Crippen LogP contribution >= 0.6 is 0 Å². The van der Waals surface area contributed by atoms with Gasteiger partial charge < -0.3 is 14.2 Å². The molecule has 1 N–H and O–H groups in total. The first-order chi connectivity index (χ1) is 17.2. The number of hydrogen-bond acceptors (Lipinski definition) is 7. The molecule has 0 radical (unpaired) electrons.